The number of rotatable bonds is 5. The molecule has 0 aliphatic rings. The van der Waals surface area contributed by atoms with Crippen molar-refractivity contribution in [3.05, 3.63) is 41.2 Å². The van der Waals surface area contributed by atoms with Gasteiger partial charge in [-0.2, -0.15) is 0 Å². The van der Waals surface area contributed by atoms with Crippen LogP contribution in [0.1, 0.15) is 21.7 Å². The second-order valence-corrected chi connectivity index (χ2v) is 4.07. The number of esters is 1. The third-order valence-electron chi connectivity index (χ3n) is 2.83. The molecule has 1 aromatic heterocycles. The zero-order valence-electron chi connectivity index (χ0n) is 11.4. The summed E-state index contributed by atoms with van der Waals surface area (Å²) in [6, 6.07) is 6.93. The lowest BCUT2D eigenvalue weighted by Gasteiger charge is -2.08. The van der Waals surface area contributed by atoms with Crippen molar-refractivity contribution in [3.8, 4) is 5.69 Å². The van der Waals surface area contributed by atoms with Crippen LogP contribution in [-0.4, -0.2) is 35.2 Å². The van der Waals surface area contributed by atoms with Crippen LogP contribution < -0.4 is 5.73 Å². The zero-order chi connectivity index (χ0) is 14.5. The van der Waals surface area contributed by atoms with E-state index in [0.717, 1.165) is 5.69 Å². The van der Waals surface area contributed by atoms with Gasteiger partial charge in [0.05, 0.1) is 30.7 Å². The topological polar surface area (TPSA) is 92.3 Å². The lowest BCUT2D eigenvalue weighted by atomic mass is 10.2. The Hall–Kier alpha value is -2.25. The Balaban J connectivity index is 2.46. The van der Waals surface area contributed by atoms with E-state index in [1.54, 1.807) is 30.0 Å². The van der Waals surface area contributed by atoms with E-state index in [1.807, 2.05) is 6.07 Å². The highest BCUT2D eigenvalue weighted by molar-refractivity contribution is 5.89. The van der Waals surface area contributed by atoms with Crippen LogP contribution in [0.4, 0.5) is 0 Å². The van der Waals surface area contributed by atoms with Crippen molar-refractivity contribution in [2.75, 3.05) is 14.2 Å². The van der Waals surface area contributed by atoms with Gasteiger partial charge in [-0.3, -0.25) is 0 Å². The van der Waals surface area contributed by atoms with Crippen molar-refractivity contribution in [1.82, 2.24) is 15.0 Å². The standard InChI is InChI=1S/C13H16N4O3/c1-19-8-12-11(7-14)15-16-17(12)10-5-3-4-9(6-10)13(18)20-2/h3-6H,7-8,14H2,1-2H3. The molecule has 2 aromatic rings. The summed E-state index contributed by atoms with van der Waals surface area (Å²) >= 11 is 0. The average Bonchev–Trinajstić information content (AvgIpc) is 2.90. The summed E-state index contributed by atoms with van der Waals surface area (Å²) in [5, 5.41) is 8.07. The van der Waals surface area contributed by atoms with Crippen molar-refractivity contribution >= 4 is 5.97 Å². The van der Waals surface area contributed by atoms with Gasteiger partial charge in [-0.1, -0.05) is 11.3 Å². The molecule has 0 fully saturated rings. The Labute approximate surface area is 116 Å². The van der Waals surface area contributed by atoms with E-state index >= 15 is 0 Å². The van der Waals surface area contributed by atoms with E-state index < -0.39 is 5.97 Å². The van der Waals surface area contributed by atoms with Crippen LogP contribution in [0.25, 0.3) is 5.69 Å². The Kier molecular flexibility index (Phi) is 4.44. The highest BCUT2D eigenvalue weighted by Gasteiger charge is 2.14. The van der Waals surface area contributed by atoms with Gasteiger partial charge in [0.2, 0.25) is 0 Å². The molecule has 0 radical (unpaired) electrons. The molecular weight excluding hydrogens is 260 g/mol. The van der Waals surface area contributed by atoms with Gasteiger partial charge in [-0.15, -0.1) is 5.10 Å². The maximum atomic E-state index is 11.6. The van der Waals surface area contributed by atoms with Gasteiger partial charge in [0.1, 0.15) is 5.69 Å². The molecule has 0 spiro atoms. The smallest absolute Gasteiger partial charge is 0.337 e. The molecule has 1 heterocycles. The van der Waals surface area contributed by atoms with Crippen LogP contribution in [0.3, 0.4) is 0 Å². The first-order valence-corrected chi connectivity index (χ1v) is 6.02. The second-order valence-electron chi connectivity index (χ2n) is 4.07. The summed E-state index contributed by atoms with van der Waals surface area (Å²) in [6.45, 7) is 0.609. The molecule has 7 nitrogen and oxygen atoms in total. The molecule has 7 heteroatoms. The Bertz CT molecular complexity index is 609. The van der Waals surface area contributed by atoms with Crippen LogP contribution in [0.2, 0.25) is 0 Å². The number of nitrogens with two attached hydrogens (primary N) is 1. The minimum atomic E-state index is -0.403. The Morgan fingerprint density at radius 2 is 2.20 bits per heavy atom. The molecule has 0 aliphatic carbocycles. The number of carbonyl (C=O) groups is 1. The van der Waals surface area contributed by atoms with Crippen LogP contribution >= 0.6 is 0 Å². The quantitative estimate of drug-likeness (QED) is 0.806. The molecule has 0 saturated carbocycles. The predicted molar refractivity (Wildman–Crippen MR) is 71.3 cm³/mol. The molecule has 0 saturated heterocycles. The van der Waals surface area contributed by atoms with Gasteiger partial charge in [0.15, 0.2) is 0 Å². The molecule has 20 heavy (non-hydrogen) atoms. The van der Waals surface area contributed by atoms with Gasteiger partial charge >= 0.3 is 5.97 Å². The van der Waals surface area contributed by atoms with E-state index in [2.05, 4.69) is 10.3 Å². The normalized spacial score (nSPS) is 10.6. The first kappa shape index (κ1) is 14.2. The first-order valence-electron chi connectivity index (χ1n) is 6.02. The van der Waals surface area contributed by atoms with Crippen molar-refractivity contribution < 1.29 is 14.3 Å². The first-order chi connectivity index (χ1) is 9.71. The number of hydrogen-bond donors (Lipinski definition) is 1. The van der Waals surface area contributed by atoms with Crippen molar-refractivity contribution in [2.45, 2.75) is 13.2 Å². The number of benzene rings is 1. The molecule has 2 N–H and O–H groups in total. The predicted octanol–water partition coefficient (Wildman–Crippen LogP) is 0.659. The molecule has 0 atom stereocenters. The monoisotopic (exact) mass is 276 g/mol. The number of ether oxygens (including phenoxy) is 2. The molecule has 0 amide bonds. The van der Waals surface area contributed by atoms with E-state index in [9.17, 15) is 4.79 Å². The number of carbonyl (C=O) groups excluding carboxylic acids is 1. The van der Waals surface area contributed by atoms with Gasteiger partial charge < -0.3 is 15.2 Å². The zero-order valence-corrected chi connectivity index (χ0v) is 11.4. The molecular formula is C13H16N4O3. The SMILES string of the molecule is COCc1c(CN)nnn1-c1cccc(C(=O)OC)c1. The van der Waals surface area contributed by atoms with Crippen molar-refractivity contribution in [3.63, 3.8) is 0 Å². The van der Waals surface area contributed by atoms with E-state index in [-0.39, 0.29) is 6.54 Å². The summed E-state index contributed by atoms with van der Waals surface area (Å²) in [5.74, 6) is -0.403. The minimum absolute atomic E-state index is 0.273. The fraction of sp³-hybridized carbons (Fsp3) is 0.308. The highest BCUT2D eigenvalue weighted by atomic mass is 16.5. The lowest BCUT2D eigenvalue weighted by molar-refractivity contribution is 0.0600. The highest BCUT2D eigenvalue weighted by Crippen LogP contribution is 2.15. The maximum Gasteiger partial charge on any atom is 0.337 e. The van der Waals surface area contributed by atoms with Crippen LogP contribution in [0.5, 0.6) is 0 Å². The summed E-state index contributed by atoms with van der Waals surface area (Å²) in [6.07, 6.45) is 0. The summed E-state index contributed by atoms with van der Waals surface area (Å²) < 4.78 is 11.5. The fourth-order valence-corrected chi connectivity index (χ4v) is 1.86. The molecule has 1 aromatic carbocycles. The molecule has 0 aliphatic heterocycles. The fourth-order valence-electron chi connectivity index (χ4n) is 1.86. The van der Waals surface area contributed by atoms with Gasteiger partial charge in [0, 0.05) is 13.7 Å². The second kappa shape index (κ2) is 6.27. The molecule has 2 rings (SSSR count). The number of hydrogen-bond acceptors (Lipinski definition) is 6. The largest absolute Gasteiger partial charge is 0.465 e. The van der Waals surface area contributed by atoms with Crippen molar-refractivity contribution in [1.29, 1.82) is 0 Å². The number of aromatic nitrogens is 3. The van der Waals surface area contributed by atoms with E-state index in [1.165, 1.54) is 7.11 Å². The summed E-state index contributed by atoms with van der Waals surface area (Å²) in [4.78, 5) is 11.6. The molecule has 0 unspecified atom stereocenters. The minimum Gasteiger partial charge on any atom is -0.465 e. The number of methoxy groups -OCH3 is 2. The van der Waals surface area contributed by atoms with E-state index in [4.69, 9.17) is 15.2 Å². The van der Waals surface area contributed by atoms with Gasteiger partial charge in [-0.05, 0) is 18.2 Å². The summed E-state index contributed by atoms with van der Waals surface area (Å²) in [5.41, 5.74) is 8.19. The third-order valence-corrected chi connectivity index (χ3v) is 2.83. The molecule has 106 valence electrons. The third kappa shape index (κ3) is 2.68. The average molecular weight is 276 g/mol. The lowest BCUT2D eigenvalue weighted by Crippen LogP contribution is -2.08. The summed E-state index contributed by atoms with van der Waals surface area (Å²) in [7, 11) is 2.93. The van der Waals surface area contributed by atoms with Crippen molar-refractivity contribution in [2.24, 2.45) is 5.73 Å². The maximum absolute atomic E-state index is 11.6. The Morgan fingerprint density at radius 1 is 1.40 bits per heavy atom. The molecule has 0 bridgehead atoms. The van der Waals surface area contributed by atoms with Crippen LogP contribution in [0, 0.1) is 0 Å². The Morgan fingerprint density at radius 3 is 2.85 bits per heavy atom. The van der Waals surface area contributed by atoms with Crippen LogP contribution in [0.15, 0.2) is 24.3 Å². The van der Waals surface area contributed by atoms with Crippen LogP contribution in [-0.2, 0) is 22.6 Å². The van der Waals surface area contributed by atoms with E-state index in [0.29, 0.717) is 23.6 Å². The number of nitrogens with zero attached hydrogens (tertiary/aromatic N) is 3. The van der Waals surface area contributed by atoms with Gasteiger partial charge in [0.25, 0.3) is 0 Å². The van der Waals surface area contributed by atoms with Gasteiger partial charge in [-0.25, -0.2) is 9.48 Å².